The van der Waals surface area contributed by atoms with Crippen LogP contribution in [0.25, 0.3) is 0 Å². The first-order valence-corrected chi connectivity index (χ1v) is 4.72. The van der Waals surface area contributed by atoms with E-state index in [1.165, 1.54) is 19.4 Å². The lowest BCUT2D eigenvalue weighted by molar-refractivity contribution is -0.151. The second-order valence-corrected chi connectivity index (χ2v) is 3.28. The van der Waals surface area contributed by atoms with Gasteiger partial charge in [0.05, 0.1) is 6.20 Å². The number of amides is 1. The molecule has 0 radical (unpaired) electrons. The maximum atomic E-state index is 11.8. The molecule has 0 saturated carbocycles. The topological polar surface area (TPSA) is 105 Å². The van der Waals surface area contributed by atoms with E-state index in [1.54, 1.807) is 0 Å². The van der Waals surface area contributed by atoms with Crippen LogP contribution in [-0.2, 0) is 14.3 Å². The van der Waals surface area contributed by atoms with E-state index in [1.807, 2.05) is 0 Å². The number of rotatable bonds is 3. The van der Waals surface area contributed by atoms with E-state index in [2.05, 4.69) is 10.1 Å². The van der Waals surface area contributed by atoms with Crippen molar-refractivity contribution in [3.05, 3.63) is 18.4 Å². The number of carboxylic acid groups (broad SMARTS) is 1. The minimum atomic E-state index is -1.16. The fourth-order valence-corrected chi connectivity index (χ4v) is 1.36. The molecule has 1 aromatic heterocycles. The summed E-state index contributed by atoms with van der Waals surface area (Å²) in [7, 11) is 0. The van der Waals surface area contributed by atoms with Gasteiger partial charge < -0.3 is 14.3 Å². The van der Waals surface area contributed by atoms with Crippen LogP contribution < -0.4 is 0 Å². The Kier molecular flexibility index (Phi) is 2.77. The van der Waals surface area contributed by atoms with Gasteiger partial charge in [-0.2, -0.15) is 0 Å². The Bertz CT molecular complexity index is 467. The van der Waals surface area contributed by atoms with Crippen LogP contribution >= 0.6 is 0 Å². The Morgan fingerprint density at radius 2 is 2.41 bits per heavy atom. The number of hydrazone groups is 1. The molecular weight excluding hydrogens is 230 g/mol. The van der Waals surface area contributed by atoms with Gasteiger partial charge in [-0.3, -0.25) is 9.59 Å². The van der Waals surface area contributed by atoms with Crippen LogP contribution in [0.5, 0.6) is 0 Å². The summed E-state index contributed by atoms with van der Waals surface area (Å²) in [6.45, 7) is 0.980. The molecule has 90 valence electrons. The average Bonchev–Trinajstić information content (AvgIpc) is 2.75. The molecule has 1 aromatic rings. The van der Waals surface area contributed by atoms with Gasteiger partial charge in [0.25, 0.3) is 12.0 Å². The van der Waals surface area contributed by atoms with Crippen LogP contribution in [0.1, 0.15) is 18.9 Å². The van der Waals surface area contributed by atoms with Gasteiger partial charge in [-0.05, 0) is 0 Å². The third-order valence-corrected chi connectivity index (χ3v) is 1.99. The van der Waals surface area contributed by atoms with Gasteiger partial charge in [0, 0.05) is 6.92 Å². The van der Waals surface area contributed by atoms with E-state index >= 15 is 0 Å². The normalized spacial score (nSPS) is 19.8. The van der Waals surface area contributed by atoms with E-state index in [4.69, 9.17) is 14.3 Å². The summed E-state index contributed by atoms with van der Waals surface area (Å²) >= 11 is 0. The summed E-state index contributed by atoms with van der Waals surface area (Å²) in [6, 6.07) is 0. The molecule has 1 atom stereocenters. The molecule has 1 aliphatic rings. The lowest BCUT2D eigenvalue weighted by Crippen LogP contribution is -2.41. The molecule has 1 N–H and O–H groups in total. The Balaban J connectivity index is 2.24. The minimum absolute atomic E-state index is 0.0691. The molecule has 2 rings (SSSR count). The van der Waals surface area contributed by atoms with Crippen molar-refractivity contribution in [1.29, 1.82) is 0 Å². The van der Waals surface area contributed by atoms with Crippen molar-refractivity contribution in [1.82, 2.24) is 9.99 Å². The molecule has 1 unspecified atom stereocenters. The quantitative estimate of drug-likeness (QED) is 0.795. The van der Waals surface area contributed by atoms with Crippen molar-refractivity contribution >= 4 is 17.8 Å². The average molecular weight is 239 g/mol. The van der Waals surface area contributed by atoms with Crippen molar-refractivity contribution in [3.8, 4) is 0 Å². The molecule has 0 saturated heterocycles. The highest BCUT2D eigenvalue weighted by Crippen LogP contribution is 2.22. The Morgan fingerprint density at radius 3 is 3.00 bits per heavy atom. The predicted molar refractivity (Wildman–Crippen MR) is 52.8 cm³/mol. The number of ether oxygens (including phenoxy) is 1. The van der Waals surface area contributed by atoms with Gasteiger partial charge in [0.1, 0.15) is 12.8 Å². The summed E-state index contributed by atoms with van der Waals surface area (Å²) in [4.78, 5) is 26.2. The van der Waals surface area contributed by atoms with E-state index in [9.17, 15) is 9.59 Å². The molecule has 1 amide bonds. The largest absolute Gasteiger partial charge is 0.480 e. The summed E-state index contributed by atoms with van der Waals surface area (Å²) in [5.41, 5.74) is 0. The molecule has 8 nitrogen and oxygen atoms in total. The van der Waals surface area contributed by atoms with Gasteiger partial charge in [-0.25, -0.2) is 9.99 Å². The predicted octanol–water partition coefficient (Wildman–Crippen LogP) is -0.00750. The number of carbonyl (C=O) groups excluding carboxylic acids is 1. The van der Waals surface area contributed by atoms with Crippen LogP contribution in [0.15, 0.2) is 22.0 Å². The lowest BCUT2D eigenvalue weighted by Gasteiger charge is -2.25. The molecule has 0 aromatic carbocycles. The van der Waals surface area contributed by atoms with Crippen molar-refractivity contribution < 1.29 is 23.8 Å². The molecule has 0 aliphatic carbocycles. The highest BCUT2D eigenvalue weighted by molar-refractivity contribution is 5.90. The molecule has 17 heavy (non-hydrogen) atoms. The number of nitrogens with zero attached hydrogens (tertiary/aromatic N) is 3. The smallest absolute Gasteiger partial charge is 0.325 e. The van der Waals surface area contributed by atoms with Gasteiger partial charge in [-0.15, -0.1) is 5.10 Å². The second-order valence-electron chi connectivity index (χ2n) is 3.28. The number of aliphatic carboxylic acids is 1. The van der Waals surface area contributed by atoms with Gasteiger partial charge in [0.15, 0.2) is 0 Å². The zero-order valence-electron chi connectivity index (χ0n) is 8.86. The first-order chi connectivity index (χ1) is 8.08. The van der Waals surface area contributed by atoms with E-state index in [-0.39, 0.29) is 11.8 Å². The highest BCUT2D eigenvalue weighted by Gasteiger charge is 2.36. The number of hydrogen-bond donors (Lipinski definition) is 1. The first-order valence-electron chi connectivity index (χ1n) is 4.72. The summed E-state index contributed by atoms with van der Waals surface area (Å²) in [6.07, 6.45) is 1.59. The Hall–Kier alpha value is -2.38. The molecule has 8 heteroatoms. The Morgan fingerprint density at radius 1 is 1.65 bits per heavy atom. The lowest BCUT2D eigenvalue weighted by atomic mass is 10.3. The van der Waals surface area contributed by atoms with Crippen LogP contribution in [0.3, 0.4) is 0 Å². The number of carbonyl (C=O) groups is 2. The van der Waals surface area contributed by atoms with Gasteiger partial charge in [-0.1, -0.05) is 0 Å². The first kappa shape index (κ1) is 11.1. The Labute approximate surface area is 95.5 Å². The highest BCUT2D eigenvalue weighted by atomic mass is 16.5. The SMILES string of the molecule is CC1=NN(CC(=O)O)C(=O)C(c2ncco2)O1. The molecule has 0 fully saturated rings. The van der Waals surface area contributed by atoms with E-state index in [0.29, 0.717) is 0 Å². The summed E-state index contributed by atoms with van der Waals surface area (Å²) < 4.78 is 10.1. The molecular formula is C9H9N3O5. The number of aromatic nitrogens is 1. The van der Waals surface area contributed by atoms with Crippen LogP contribution in [0.4, 0.5) is 0 Å². The van der Waals surface area contributed by atoms with E-state index < -0.39 is 24.5 Å². The zero-order valence-corrected chi connectivity index (χ0v) is 8.86. The summed E-state index contributed by atoms with van der Waals surface area (Å²) in [5.74, 6) is -1.54. The van der Waals surface area contributed by atoms with Crippen molar-refractivity contribution in [3.63, 3.8) is 0 Å². The third kappa shape index (κ3) is 2.25. The van der Waals surface area contributed by atoms with Gasteiger partial charge >= 0.3 is 5.97 Å². The maximum absolute atomic E-state index is 11.8. The molecule has 0 spiro atoms. The number of hydrogen-bond acceptors (Lipinski definition) is 6. The van der Waals surface area contributed by atoms with Crippen LogP contribution in [-0.4, -0.2) is 39.4 Å². The molecule has 0 bridgehead atoms. The standard InChI is InChI=1S/C9H9N3O5/c1-5-11-12(4-6(13)14)9(15)7(17-5)8-10-2-3-16-8/h2-3,7H,4H2,1H3,(H,13,14). The van der Waals surface area contributed by atoms with Crippen molar-refractivity contribution in [2.45, 2.75) is 13.0 Å². The monoisotopic (exact) mass is 239 g/mol. The van der Waals surface area contributed by atoms with Crippen molar-refractivity contribution in [2.24, 2.45) is 5.10 Å². The summed E-state index contributed by atoms with van der Waals surface area (Å²) in [5, 5.41) is 13.2. The number of oxazole rings is 1. The van der Waals surface area contributed by atoms with E-state index in [0.717, 1.165) is 5.01 Å². The molecule has 2 heterocycles. The maximum Gasteiger partial charge on any atom is 0.325 e. The minimum Gasteiger partial charge on any atom is -0.480 e. The van der Waals surface area contributed by atoms with Crippen LogP contribution in [0, 0.1) is 0 Å². The van der Waals surface area contributed by atoms with Crippen molar-refractivity contribution in [2.75, 3.05) is 6.54 Å². The van der Waals surface area contributed by atoms with Crippen LogP contribution in [0.2, 0.25) is 0 Å². The fraction of sp³-hybridized carbons (Fsp3) is 0.333. The molecule has 1 aliphatic heterocycles. The number of carboxylic acids is 1. The van der Waals surface area contributed by atoms with Gasteiger partial charge in [0.2, 0.25) is 11.8 Å². The third-order valence-electron chi connectivity index (χ3n) is 1.99. The fourth-order valence-electron chi connectivity index (χ4n) is 1.36. The second kappa shape index (κ2) is 4.24. The zero-order chi connectivity index (χ0) is 12.4.